The number of hydrogen-bond acceptors (Lipinski definition) is 3. The molecule has 2 aromatic rings. The van der Waals surface area contributed by atoms with E-state index in [0.29, 0.717) is 33.6 Å². The third-order valence-corrected chi connectivity index (χ3v) is 3.81. The van der Waals surface area contributed by atoms with Gasteiger partial charge < -0.3 is 11.1 Å². The van der Waals surface area contributed by atoms with Crippen LogP contribution in [-0.4, -0.2) is 11.7 Å². The van der Waals surface area contributed by atoms with Gasteiger partial charge in [-0.15, -0.1) is 0 Å². The van der Waals surface area contributed by atoms with Crippen molar-refractivity contribution in [2.45, 2.75) is 10.7 Å². The Morgan fingerprint density at radius 1 is 1.19 bits per heavy atom. The maximum Gasteiger partial charge on any atom is 0.288 e. The second-order valence-corrected chi connectivity index (χ2v) is 6.07. The minimum Gasteiger partial charge on any atom is -0.398 e. The standard InChI is InChI=1S/C14H11BrF2N2OS/c15-8-1-6-12(18)11(7-8)13(20)19-9-2-4-10(5-3-9)21-14(16)17/h1-7,14H,18H2,(H,19,20). The van der Waals surface area contributed by atoms with Crippen molar-refractivity contribution in [1.29, 1.82) is 0 Å². The first-order chi connectivity index (χ1) is 9.95. The van der Waals surface area contributed by atoms with Crippen LogP contribution in [0.3, 0.4) is 0 Å². The number of benzene rings is 2. The van der Waals surface area contributed by atoms with Gasteiger partial charge >= 0.3 is 0 Å². The van der Waals surface area contributed by atoms with Crippen LogP contribution in [0.4, 0.5) is 20.2 Å². The molecule has 0 unspecified atom stereocenters. The number of amides is 1. The van der Waals surface area contributed by atoms with E-state index in [-0.39, 0.29) is 5.91 Å². The van der Waals surface area contributed by atoms with Crippen LogP contribution in [0.15, 0.2) is 51.8 Å². The summed E-state index contributed by atoms with van der Waals surface area (Å²) in [5, 5.41) is 2.67. The zero-order valence-electron chi connectivity index (χ0n) is 10.6. The normalized spacial score (nSPS) is 10.7. The molecule has 0 spiro atoms. The van der Waals surface area contributed by atoms with Crippen molar-refractivity contribution in [2.24, 2.45) is 0 Å². The second-order valence-electron chi connectivity index (χ2n) is 4.09. The Morgan fingerprint density at radius 3 is 2.48 bits per heavy atom. The zero-order chi connectivity index (χ0) is 15.4. The second kappa shape index (κ2) is 6.91. The Labute approximate surface area is 133 Å². The summed E-state index contributed by atoms with van der Waals surface area (Å²) in [7, 11) is 0. The topological polar surface area (TPSA) is 55.1 Å². The largest absolute Gasteiger partial charge is 0.398 e. The summed E-state index contributed by atoms with van der Waals surface area (Å²) in [6.45, 7) is 0. The number of halogens is 3. The molecule has 21 heavy (non-hydrogen) atoms. The number of carbonyl (C=O) groups is 1. The van der Waals surface area contributed by atoms with Crippen molar-refractivity contribution in [1.82, 2.24) is 0 Å². The van der Waals surface area contributed by atoms with Gasteiger partial charge in [-0.3, -0.25) is 4.79 Å². The number of thioether (sulfide) groups is 1. The van der Waals surface area contributed by atoms with Crippen LogP contribution in [0.5, 0.6) is 0 Å². The third-order valence-electron chi connectivity index (χ3n) is 2.60. The van der Waals surface area contributed by atoms with E-state index < -0.39 is 5.76 Å². The summed E-state index contributed by atoms with van der Waals surface area (Å²) >= 11 is 3.73. The molecule has 0 saturated carbocycles. The average molecular weight is 373 g/mol. The van der Waals surface area contributed by atoms with Gasteiger partial charge in [0.05, 0.1) is 5.56 Å². The van der Waals surface area contributed by atoms with Crippen LogP contribution in [0.2, 0.25) is 0 Å². The molecule has 0 aliphatic carbocycles. The summed E-state index contributed by atoms with van der Waals surface area (Å²) in [6.07, 6.45) is 0. The number of rotatable bonds is 4. The molecule has 0 bridgehead atoms. The smallest absolute Gasteiger partial charge is 0.288 e. The molecule has 0 aliphatic rings. The lowest BCUT2D eigenvalue weighted by Crippen LogP contribution is -2.14. The molecule has 2 rings (SSSR count). The van der Waals surface area contributed by atoms with Crippen LogP contribution >= 0.6 is 27.7 Å². The molecule has 1 amide bonds. The number of nitrogen functional groups attached to an aromatic ring is 1. The van der Waals surface area contributed by atoms with E-state index in [4.69, 9.17) is 5.73 Å². The van der Waals surface area contributed by atoms with Crippen molar-refractivity contribution in [3.05, 3.63) is 52.5 Å². The molecule has 0 atom stereocenters. The van der Waals surface area contributed by atoms with E-state index in [1.807, 2.05) is 0 Å². The Bertz CT molecular complexity index is 650. The monoisotopic (exact) mass is 372 g/mol. The Balaban J connectivity index is 2.10. The van der Waals surface area contributed by atoms with Crippen molar-refractivity contribution in [2.75, 3.05) is 11.1 Å². The summed E-state index contributed by atoms with van der Waals surface area (Å²) < 4.78 is 25.2. The molecule has 0 heterocycles. The average Bonchev–Trinajstić information content (AvgIpc) is 2.43. The molecule has 0 saturated heterocycles. The molecule has 2 aromatic carbocycles. The predicted molar refractivity (Wildman–Crippen MR) is 84.8 cm³/mol. The number of hydrogen-bond donors (Lipinski definition) is 2. The van der Waals surface area contributed by atoms with Crippen molar-refractivity contribution in [3.8, 4) is 0 Å². The van der Waals surface area contributed by atoms with Crippen LogP contribution < -0.4 is 11.1 Å². The number of carbonyl (C=O) groups excluding carboxylic acids is 1. The van der Waals surface area contributed by atoms with Gasteiger partial charge in [0.25, 0.3) is 11.7 Å². The van der Waals surface area contributed by atoms with Crippen LogP contribution in [0, 0.1) is 0 Å². The third kappa shape index (κ3) is 4.44. The molecule has 7 heteroatoms. The van der Waals surface area contributed by atoms with E-state index >= 15 is 0 Å². The van der Waals surface area contributed by atoms with E-state index in [1.54, 1.807) is 30.3 Å². The van der Waals surface area contributed by atoms with Crippen LogP contribution in [0.25, 0.3) is 0 Å². The maximum absolute atomic E-state index is 12.2. The molecular weight excluding hydrogens is 362 g/mol. The van der Waals surface area contributed by atoms with Crippen LogP contribution in [-0.2, 0) is 0 Å². The summed E-state index contributed by atoms with van der Waals surface area (Å²) in [4.78, 5) is 12.5. The fraction of sp³-hybridized carbons (Fsp3) is 0.0714. The first kappa shape index (κ1) is 15.8. The van der Waals surface area contributed by atoms with E-state index in [1.165, 1.54) is 12.1 Å². The van der Waals surface area contributed by atoms with E-state index in [0.717, 1.165) is 4.47 Å². The first-order valence-electron chi connectivity index (χ1n) is 5.87. The number of nitrogens with two attached hydrogens (primary N) is 1. The molecule has 3 nitrogen and oxygen atoms in total. The number of alkyl halides is 2. The molecule has 3 N–H and O–H groups in total. The van der Waals surface area contributed by atoms with Crippen molar-refractivity contribution < 1.29 is 13.6 Å². The molecule has 0 aromatic heterocycles. The summed E-state index contributed by atoms with van der Waals surface area (Å²) in [5.74, 6) is -2.82. The molecule has 0 radical (unpaired) electrons. The lowest BCUT2D eigenvalue weighted by molar-refractivity contribution is 0.102. The quantitative estimate of drug-likeness (QED) is 0.609. The Morgan fingerprint density at radius 2 is 1.86 bits per heavy atom. The number of anilines is 2. The molecule has 0 fully saturated rings. The van der Waals surface area contributed by atoms with Gasteiger partial charge in [-0.05, 0) is 42.5 Å². The van der Waals surface area contributed by atoms with Gasteiger partial charge in [-0.25, -0.2) is 0 Å². The zero-order valence-corrected chi connectivity index (χ0v) is 13.0. The number of nitrogens with one attached hydrogen (secondary N) is 1. The fourth-order valence-corrected chi connectivity index (χ4v) is 2.50. The van der Waals surface area contributed by atoms with Gasteiger partial charge in [0.1, 0.15) is 0 Å². The summed E-state index contributed by atoms with van der Waals surface area (Å²) in [5.41, 5.74) is 6.97. The highest BCUT2D eigenvalue weighted by Gasteiger charge is 2.11. The first-order valence-corrected chi connectivity index (χ1v) is 7.54. The van der Waals surface area contributed by atoms with E-state index in [9.17, 15) is 13.6 Å². The predicted octanol–water partition coefficient (Wildman–Crippen LogP) is 4.60. The highest BCUT2D eigenvalue weighted by Crippen LogP contribution is 2.26. The molecule has 0 aliphatic heterocycles. The highest BCUT2D eigenvalue weighted by molar-refractivity contribution is 9.10. The Hall–Kier alpha value is -1.60. The Kier molecular flexibility index (Phi) is 5.19. The minimum atomic E-state index is -2.47. The molecule has 110 valence electrons. The minimum absolute atomic E-state index is 0.343. The maximum atomic E-state index is 12.2. The van der Waals surface area contributed by atoms with Gasteiger partial charge in [0, 0.05) is 20.7 Å². The summed E-state index contributed by atoms with van der Waals surface area (Å²) in [6, 6.07) is 11.2. The van der Waals surface area contributed by atoms with Crippen molar-refractivity contribution in [3.63, 3.8) is 0 Å². The molecular formula is C14H11BrF2N2OS. The van der Waals surface area contributed by atoms with Gasteiger partial charge in [-0.1, -0.05) is 27.7 Å². The lowest BCUT2D eigenvalue weighted by atomic mass is 10.1. The lowest BCUT2D eigenvalue weighted by Gasteiger charge is -2.08. The SMILES string of the molecule is Nc1ccc(Br)cc1C(=O)Nc1ccc(SC(F)F)cc1. The van der Waals surface area contributed by atoms with Gasteiger partial charge in [0.15, 0.2) is 0 Å². The van der Waals surface area contributed by atoms with Crippen molar-refractivity contribution >= 4 is 45.0 Å². The highest BCUT2D eigenvalue weighted by atomic mass is 79.9. The van der Waals surface area contributed by atoms with Crippen LogP contribution in [0.1, 0.15) is 10.4 Å². The van der Waals surface area contributed by atoms with Gasteiger partial charge in [-0.2, -0.15) is 8.78 Å². The van der Waals surface area contributed by atoms with E-state index in [2.05, 4.69) is 21.2 Å². The van der Waals surface area contributed by atoms with Gasteiger partial charge in [0.2, 0.25) is 0 Å². The fourth-order valence-electron chi connectivity index (χ4n) is 1.64.